The van der Waals surface area contributed by atoms with Crippen molar-refractivity contribution >= 4 is 0 Å². The molecule has 0 aliphatic rings. The van der Waals surface area contributed by atoms with Gasteiger partial charge in [-0.05, 0) is 36.2 Å². The summed E-state index contributed by atoms with van der Waals surface area (Å²) < 4.78 is 32.1. The van der Waals surface area contributed by atoms with Gasteiger partial charge >= 0.3 is 0 Å². The summed E-state index contributed by atoms with van der Waals surface area (Å²) in [6, 6.07) is 10.4. The van der Waals surface area contributed by atoms with Crippen LogP contribution >= 0.6 is 0 Å². The van der Waals surface area contributed by atoms with E-state index in [1.807, 2.05) is 0 Å². The first-order valence-corrected chi connectivity index (χ1v) is 5.97. The number of halogens is 2. The zero-order valence-corrected chi connectivity index (χ0v) is 10.6. The van der Waals surface area contributed by atoms with Gasteiger partial charge in [0, 0.05) is 0 Å². The summed E-state index contributed by atoms with van der Waals surface area (Å²) in [6.07, 6.45) is 0. The van der Waals surface area contributed by atoms with Crippen LogP contribution in [-0.2, 0) is 0 Å². The van der Waals surface area contributed by atoms with Crippen molar-refractivity contribution in [3.05, 3.63) is 65.2 Å². The van der Waals surface area contributed by atoms with Crippen LogP contribution in [0.15, 0.2) is 42.5 Å². The van der Waals surface area contributed by atoms with Crippen LogP contribution in [0.3, 0.4) is 0 Å². The second-order valence-electron chi connectivity index (χ2n) is 4.36. The Bertz CT molecular complexity index is 572. The Balaban J connectivity index is 2.04. The van der Waals surface area contributed by atoms with Crippen LogP contribution in [0.1, 0.15) is 17.2 Å². The third-order valence-corrected chi connectivity index (χ3v) is 2.85. The molecule has 0 aliphatic carbocycles. The Morgan fingerprint density at radius 1 is 1.16 bits per heavy atom. The van der Waals surface area contributed by atoms with E-state index in [9.17, 15) is 8.78 Å². The summed E-state index contributed by atoms with van der Waals surface area (Å²) >= 11 is 0. The highest BCUT2D eigenvalue weighted by molar-refractivity contribution is 5.30. The van der Waals surface area contributed by atoms with E-state index >= 15 is 0 Å². The number of benzene rings is 2. The standard InChI is InChI=1S/C15H15F2NO/c1-10-4-2-7-14(15(10)17)19-9-13(18)11-5-3-6-12(16)8-11/h2-8,13H,9,18H2,1H3. The first-order chi connectivity index (χ1) is 9.08. The van der Waals surface area contributed by atoms with Crippen LogP contribution in [0, 0.1) is 18.6 Å². The molecule has 2 nitrogen and oxygen atoms in total. The van der Waals surface area contributed by atoms with E-state index in [0.717, 1.165) is 0 Å². The maximum absolute atomic E-state index is 13.7. The molecular weight excluding hydrogens is 248 g/mol. The first-order valence-electron chi connectivity index (χ1n) is 5.97. The van der Waals surface area contributed by atoms with Gasteiger partial charge in [0.2, 0.25) is 0 Å². The summed E-state index contributed by atoms with van der Waals surface area (Å²) in [5, 5.41) is 0. The molecule has 0 spiro atoms. The molecule has 19 heavy (non-hydrogen) atoms. The molecule has 1 atom stereocenters. The molecule has 0 saturated heterocycles. The molecule has 0 bridgehead atoms. The molecule has 1 unspecified atom stereocenters. The molecule has 0 amide bonds. The molecule has 4 heteroatoms. The van der Waals surface area contributed by atoms with Crippen molar-refractivity contribution in [1.82, 2.24) is 0 Å². The van der Waals surface area contributed by atoms with Crippen LogP contribution in [0.25, 0.3) is 0 Å². The van der Waals surface area contributed by atoms with Crippen molar-refractivity contribution in [2.45, 2.75) is 13.0 Å². The minimum absolute atomic E-state index is 0.0871. The number of rotatable bonds is 4. The Morgan fingerprint density at radius 3 is 2.63 bits per heavy atom. The molecule has 2 N–H and O–H groups in total. The Morgan fingerprint density at radius 2 is 1.89 bits per heavy atom. The smallest absolute Gasteiger partial charge is 0.167 e. The van der Waals surface area contributed by atoms with Gasteiger partial charge in [0.1, 0.15) is 12.4 Å². The van der Waals surface area contributed by atoms with Gasteiger partial charge in [0.25, 0.3) is 0 Å². The van der Waals surface area contributed by atoms with E-state index in [2.05, 4.69) is 0 Å². The number of nitrogens with two attached hydrogens (primary N) is 1. The Kier molecular flexibility index (Phi) is 4.12. The van der Waals surface area contributed by atoms with E-state index in [1.165, 1.54) is 12.1 Å². The highest BCUT2D eigenvalue weighted by Crippen LogP contribution is 2.21. The van der Waals surface area contributed by atoms with Gasteiger partial charge in [-0.15, -0.1) is 0 Å². The van der Waals surface area contributed by atoms with Gasteiger partial charge in [0.15, 0.2) is 11.6 Å². The topological polar surface area (TPSA) is 35.2 Å². The average molecular weight is 263 g/mol. The number of hydrogen-bond donors (Lipinski definition) is 1. The first kappa shape index (κ1) is 13.5. The maximum atomic E-state index is 13.7. The third kappa shape index (κ3) is 3.29. The molecular formula is C15H15F2NO. The summed E-state index contributed by atoms with van der Waals surface area (Å²) in [5.41, 5.74) is 7.02. The molecule has 2 aromatic carbocycles. The van der Waals surface area contributed by atoms with Crippen LogP contribution in [0.5, 0.6) is 5.75 Å². The largest absolute Gasteiger partial charge is 0.489 e. The van der Waals surface area contributed by atoms with E-state index in [0.29, 0.717) is 11.1 Å². The highest BCUT2D eigenvalue weighted by Gasteiger charge is 2.10. The van der Waals surface area contributed by atoms with Gasteiger partial charge in [0.05, 0.1) is 6.04 Å². The van der Waals surface area contributed by atoms with Crippen LogP contribution < -0.4 is 10.5 Å². The van der Waals surface area contributed by atoms with Gasteiger partial charge in [-0.25, -0.2) is 8.78 Å². The predicted octanol–water partition coefficient (Wildman–Crippen LogP) is 3.35. The van der Waals surface area contributed by atoms with Gasteiger partial charge < -0.3 is 10.5 Å². The second-order valence-corrected chi connectivity index (χ2v) is 4.36. The lowest BCUT2D eigenvalue weighted by molar-refractivity contribution is 0.276. The fraction of sp³-hybridized carbons (Fsp3) is 0.200. The number of aryl methyl sites for hydroxylation is 1. The minimum Gasteiger partial charge on any atom is -0.489 e. The molecule has 0 aromatic heterocycles. The van der Waals surface area contributed by atoms with Crippen LogP contribution in [-0.4, -0.2) is 6.61 Å². The summed E-state index contributed by atoms with van der Waals surface area (Å²) in [6.45, 7) is 1.75. The van der Waals surface area contributed by atoms with Crippen molar-refractivity contribution in [2.24, 2.45) is 5.73 Å². The quantitative estimate of drug-likeness (QED) is 0.918. The van der Waals surface area contributed by atoms with Crippen LogP contribution in [0.2, 0.25) is 0 Å². The fourth-order valence-electron chi connectivity index (χ4n) is 1.74. The van der Waals surface area contributed by atoms with Crippen molar-refractivity contribution in [2.75, 3.05) is 6.61 Å². The lowest BCUT2D eigenvalue weighted by atomic mass is 10.1. The van der Waals surface area contributed by atoms with E-state index < -0.39 is 11.9 Å². The number of ether oxygens (including phenoxy) is 1. The SMILES string of the molecule is Cc1cccc(OCC(N)c2cccc(F)c2)c1F. The predicted molar refractivity (Wildman–Crippen MR) is 70.0 cm³/mol. The Hall–Kier alpha value is -1.94. The summed E-state index contributed by atoms with van der Waals surface area (Å²) in [5.74, 6) is -0.588. The molecule has 0 radical (unpaired) electrons. The van der Waals surface area contributed by atoms with E-state index in [4.69, 9.17) is 10.5 Å². The van der Waals surface area contributed by atoms with Crippen LogP contribution in [0.4, 0.5) is 8.78 Å². The molecule has 2 rings (SSSR count). The third-order valence-electron chi connectivity index (χ3n) is 2.85. The van der Waals surface area contributed by atoms with Gasteiger partial charge in [-0.3, -0.25) is 0 Å². The molecule has 0 fully saturated rings. The average Bonchev–Trinajstić information content (AvgIpc) is 2.40. The maximum Gasteiger partial charge on any atom is 0.167 e. The van der Waals surface area contributed by atoms with Crippen molar-refractivity contribution < 1.29 is 13.5 Å². The second kappa shape index (κ2) is 5.80. The lowest BCUT2D eigenvalue weighted by Gasteiger charge is -2.14. The highest BCUT2D eigenvalue weighted by atomic mass is 19.1. The molecule has 2 aromatic rings. The van der Waals surface area contributed by atoms with Gasteiger partial charge in [-0.2, -0.15) is 0 Å². The Labute approximate surface area is 110 Å². The van der Waals surface area contributed by atoms with E-state index in [-0.39, 0.29) is 18.2 Å². The summed E-state index contributed by atoms with van der Waals surface area (Å²) in [7, 11) is 0. The molecule has 0 aliphatic heterocycles. The molecule has 0 heterocycles. The van der Waals surface area contributed by atoms with Crippen molar-refractivity contribution in [1.29, 1.82) is 0 Å². The summed E-state index contributed by atoms with van der Waals surface area (Å²) in [4.78, 5) is 0. The van der Waals surface area contributed by atoms with E-state index in [1.54, 1.807) is 37.3 Å². The van der Waals surface area contributed by atoms with Crippen molar-refractivity contribution in [3.63, 3.8) is 0 Å². The van der Waals surface area contributed by atoms with Gasteiger partial charge in [-0.1, -0.05) is 24.3 Å². The zero-order chi connectivity index (χ0) is 13.8. The minimum atomic E-state index is -0.504. The number of hydrogen-bond acceptors (Lipinski definition) is 2. The zero-order valence-electron chi connectivity index (χ0n) is 10.6. The lowest BCUT2D eigenvalue weighted by Crippen LogP contribution is -2.19. The monoisotopic (exact) mass is 263 g/mol. The molecule has 100 valence electrons. The molecule has 0 saturated carbocycles. The fourth-order valence-corrected chi connectivity index (χ4v) is 1.74. The van der Waals surface area contributed by atoms with Crippen molar-refractivity contribution in [3.8, 4) is 5.75 Å². The normalized spacial score (nSPS) is 12.2.